The molecule has 1 atom stereocenters. The number of halogens is 1. The van der Waals surface area contributed by atoms with E-state index in [0.717, 1.165) is 11.3 Å². The number of nitrogens with zero attached hydrogens (tertiary/aromatic N) is 1. The molecule has 0 saturated heterocycles. The van der Waals surface area contributed by atoms with E-state index in [0.29, 0.717) is 5.92 Å². The van der Waals surface area contributed by atoms with E-state index in [1.54, 1.807) is 6.20 Å². The van der Waals surface area contributed by atoms with Crippen LogP contribution in [0.2, 0.25) is 0 Å². The monoisotopic (exact) mass is 229 g/mol. The summed E-state index contributed by atoms with van der Waals surface area (Å²) in [4.78, 5) is 4.41. The summed E-state index contributed by atoms with van der Waals surface area (Å²) in [6, 6.07) is 12.6. The highest BCUT2D eigenvalue weighted by atomic mass is 19.1. The molecule has 2 aromatic rings. The molecule has 0 amide bonds. The number of pyridine rings is 1. The molecule has 1 aromatic carbocycles. The van der Waals surface area contributed by atoms with Gasteiger partial charge in [-0.1, -0.05) is 32.0 Å². The predicted octanol–water partition coefficient (Wildman–Crippen LogP) is 4.01. The topological polar surface area (TPSA) is 12.9 Å². The maximum Gasteiger partial charge on any atom is 0.123 e. The minimum Gasteiger partial charge on any atom is -0.261 e. The van der Waals surface area contributed by atoms with Crippen LogP contribution in [0, 0.1) is 11.7 Å². The molecular formula is C15H16FN. The van der Waals surface area contributed by atoms with Crippen molar-refractivity contribution in [3.05, 3.63) is 65.7 Å². The van der Waals surface area contributed by atoms with E-state index in [-0.39, 0.29) is 11.7 Å². The Balaban J connectivity index is 2.39. The van der Waals surface area contributed by atoms with Crippen LogP contribution in [0.4, 0.5) is 4.39 Å². The van der Waals surface area contributed by atoms with Gasteiger partial charge in [-0.05, 0) is 35.7 Å². The van der Waals surface area contributed by atoms with Gasteiger partial charge in [0.05, 0.1) is 0 Å². The Morgan fingerprint density at radius 1 is 1.00 bits per heavy atom. The van der Waals surface area contributed by atoms with Gasteiger partial charge in [0.1, 0.15) is 5.82 Å². The zero-order valence-corrected chi connectivity index (χ0v) is 10.1. The SMILES string of the molecule is CC(C)C(c1ccc(F)cc1)c1ccccn1. The van der Waals surface area contributed by atoms with Gasteiger partial charge in [-0.2, -0.15) is 0 Å². The van der Waals surface area contributed by atoms with Crippen molar-refractivity contribution in [2.75, 3.05) is 0 Å². The Bertz CT molecular complexity index is 462. The van der Waals surface area contributed by atoms with Crippen LogP contribution < -0.4 is 0 Å². The zero-order valence-electron chi connectivity index (χ0n) is 10.1. The minimum absolute atomic E-state index is 0.197. The van der Waals surface area contributed by atoms with Crippen LogP contribution in [0.1, 0.15) is 31.0 Å². The van der Waals surface area contributed by atoms with Gasteiger partial charge in [0.15, 0.2) is 0 Å². The molecule has 0 fully saturated rings. The number of benzene rings is 1. The van der Waals surface area contributed by atoms with E-state index in [1.807, 2.05) is 30.3 Å². The van der Waals surface area contributed by atoms with Crippen LogP contribution in [0.5, 0.6) is 0 Å². The molecule has 0 spiro atoms. The highest BCUT2D eigenvalue weighted by molar-refractivity contribution is 5.29. The molecule has 0 radical (unpaired) electrons. The standard InChI is InChI=1S/C15H16FN/c1-11(2)15(14-5-3-4-10-17-14)12-6-8-13(16)9-7-12/h3-11,15H,1-2H3. The molecule has 1 unspecified atom stereocenters. The minimum atomic E-state index is -0.197. The second kappa shape index (κ2) is 5.09. The fourth-order valence-corrected chi connectivity index (χ4v) is 2.13. The summed E-state index contributed by atoms with van der Waals surface area (Å²) >= 11 is 0. The van der Waals surface area contributed by atoms with Crippen LogP contribution in [0.25, 0.3) is 0 Å². The molecule has 0 saturated carbocycles. The normalized spacial score (nSPS) is 12.7. The molecule has 0 aliphatic carbocycles. The van der Waals surface area contributed by atoms with Crippen LogP contribution in [0.3, 0.4) is 0 Å². The third-order valence-electron chi connectivity index (χ3n) is 2.90. The van der Waals surface area contributed by atoms with Gasteiger partial charge < -0.3 is 0 Å². The maximum absolute atomic E-state index is 12.9. The lowest BCUT2D eigenvalue weighted by Gasteiger charge is -2.20. The Morgan fingerprint density at radius 2 is 1.71 bits per heavy atom. The Morgan fingerprint density at radius 3 is 2.24 bits per heavy atom. The third-order valence-corrected chi connectivity index (χ3v) is 2.90. The van der Waals surface area contributed by atoms with Gasteiger partial charge >= 0.3 is 0 Å². The Labute approximate surface area is 101 Å². The molecule has 1 aromatic heterocycles. The lowest BCUT2D eigenvalue weighted by Crippen LogP contribution is -2.10. The third kappa shape index (κ3) is 2.70. The summed E-state index contributed by atoms with van der Waals surface area (Å²) in [5.41, 5.74) is 2.15. The first kappa shape index (κ1) is 11.8. The van der Waals surface area contributed by atoms with E-state index < -0.39 is 0 Å². The summed E-state index contributed by atoms with van der Waals surface area (Å²) in [5, 5.41) is 0. The zero-order chi connectivity index (χ0) is 12.3. The highest BCUT2D eigenvalue weighted by Gasteiger charge is 2.18. The van der Waals surface area contributed by atoms with Crippen LogP contribution >= 0.6 is 0 Å². The Kier molecular flexibility index (Phi) is 3.52. The maximum atomic E-state index is 12.9. The molecule has 1 heterocycles. The molecule has 0 aliphatic heterocycles. The molecular weight excluding hydrogens is 213 g/mol. The molecule has 0 N–H and O–H groups in total. The van der Waals surface area contributed by atoms with Crippen molar-refractivity contribution < 1.29 is 4.39 Å². The molecule has 0 aliphatic rings. The number of rotatable bonds is 3. The van der Waals surface area contributed by atoms with E-state index >= 15 is 0 Å². The van der Waals surface area contributed by atoms with Crippen molar-refractivity contribution in [2.45, 2.75) is 19.8 Å². The fourth-order valence-electron chi connectivity index (χ4n) is 2.13. The molecule has 17 heavy (non-hydrogen) atoms. The summed E-state index contributed by atoms with van der Waals surface area (Å²) in [5.74, 6) is 0.449. The van der Waals surface area contributed by atoms with Gasteiger partial charge in [-0.15, -0.1) is 0 Å². The first-order chi connectivity index (χ1) is 8.18. The lowest BCUT2D eigenvalue weighted by atomic mass is 9.85. The van der Waals surface area contributed by atoms with Crippen LogP contribution in [-0.2, 0) is 0 Å². The van der Waals surface area contributed by atoms with Crippen molar-refractivity contribution in [2.24, 2.45) is 5.92 Å². The Hall–Kier alpha value is -1.70. The van der Waals surface area contributed by atoms with Crippen LogP contribution in [0.15, 0.2) is 48.7 Å². The van der Waals surface area contributed by atoms with E-state index in [9.17, 15) is 4.39 Å². The smallest absolute Gasteiger partial charge is 0.123 e. The van der Waals surface area contributed by atoms with Crippen molar-refractivity contribution >= 4 is 0 Å². The van der Waals surface area contributed by atoms with Gasteiger partial charge in [-0.3, -0.25) is 4.98 Å². The first-order valence-electron chi connectivity index (χ1n) is 5.85. The van der Waals surface area contributed by atoms with Crippen molar-refractivity contribution in [3.8, 4) is 0 Å². The van der Waals surface area contributed by atoms with E-state index in [2.05, 4.69) is 18.8 Å². The average molecular weight is 229 g/mol. The van der Waals surface area contributed by atoms with Crippen molar-refractivity contribution in [3.63, 3.8) is 0 Å². The van der Waals surface area contributed by atoms with E-state index in [4.69, 9.17) is 0 Å². The fraction of sp³-hybridized carbons (Fsp3) is 0.267. The average Bonchev–Trinajstić information content (AvgIpc) is 2.33. The van der Waals surface area contributed by atoms with Gasteiger partial charge in [0, 0.05) is 17.8 Å². The van der Waals surface area contributed by atoms with Crippen LogP contribution in [-0.4, -0.2) is 4.98 Å². The highest BCUT2D eigenvalue weighted by Crippen LogP contribution is 2.30. The van der Waals surface area contributed by atoms with Crippen molar-refractivity contribution in [1.29, 1.82) is 0 Å². The van der Waals surface area contributed by atoms with Gasteiger partial charge in [0.2, 0.25) is 0 Å². The summed E-state index contributed by atoms with van der Waals surface area (Å²) < 4.78 is 12.9. The van der Waals surface area contributed by atoms with Gasteiger partial charge in [-0.25, -0.2) is 4.39 Å². The van der Waals surface area contributed by atoms with E-state index in [1.165, 1.54) is 12.1 Å². The van der Waals surface area contributed by atoms with Gasteiger partial charge in [0.25, 0.3) is 0 Å². The summed E-state index contributed by atoms with van der Waals surface area (Å²) in [6.45, 7) is 4.31. The largest absolute Gasteiger partial charge is 0.261 e. The molecule has 0 bridgehead atoms. The summed E-state index contributed by atoms with van der Waals surface area (Å²) in [7, 11) is 0. The predicted molar refractivity (Wildman–Crippen MR) is 67.3 cm³/mol. The first-order valence-corrected chi connectivity index (χ1v) is 5.85. The number of aromatic nitrogens is 1. The second-order valence-corrected chi connectivity index (χ2v) is 4.53. The number of hydrogen-bond donors (Lipinski definition) is 0. The molecule has 88 valence electrons. The lowest BCUT2D eigenvalue weighted by molar-refractivity contribution is 0.550. The number of hydrogen-bond acceptors (Lipinski definition) is 1. The van der Waals surface area contributed by atoms with Crippen molar-refractivity contribution in [1.82, 2.24) is 4.98 Å². The molecule has 2 rings (SSSR count). The quantitative estimate of drug-likeness (QED) is 0.775. The second-order valence-electron chi connectivity index (χ2n) is 4.53. The molecule has 2 heteroatoms. The molecule has 1 nitrogen and oxygen atoms in total. The summed E-state index contributed by atoms with van der Waals surface area (Å²) in [6.07, 6.45) is 1.80.